The summed E-state index contributed by atoms with van der Waals surface area (Å²) in [4.78, 5) is 25.0. The maximum Gasteiger partial charge on any atom is 0.276 e. The van der Waals surface area contributed by atoms with Crippen molar-refractivity contribution >= 4 is 29.0 Å². The molecule has 1 heterocycles. The lowest BCUT2D eigenvalue weighted by Gasteiger charge is -2.10. The van der Waals surface area contributed by atoms with Crippen LogP contribution in [0.5, 0.6) is 0 Å². The molecule has 0 fully saturated rings. The molecule has 1 N–H and O–H groups in total. The molecule has 0 radical (unpaired) electrons. The second-order valence-corrected chi connectivity index (χ2v) is 5.65. The van der Waals surface area contributed by atoms with Gasteiger partial charge in [0.15, 0.2) is 11.5 Å². The highest BCUT2D eigenvalue weighted by Crippen LogP contribution is 2.24. The normalized spacial score (nSPS) is 10.4. The number of halogens is 1. The molecule has 1 aromatic heterocycles. The molecule has 0 spiro atoms. The molecule has 1 amide bonds. The van der Waals surface area contributed by atoms with Gasteiger partial charge in [0, 0.05) is 29.4 Å². The van der Waals surface area contributed by atoms with Crippen molar-refractivity contribution in [1.29, 1.82) is 0 Å². The van der Waals surface area contributed by atoms with Crippen molar-refractivity contribution in [2.24, 2.45) is 7.05 Å². The van der Waals surface area contributed by atoms with E-state index in [2.05, 4.69) is 10.4 Å². The van der Waals surface area contributed by atoms with Gasteiger partial charge >= 0.3 is 0 Å². The van der Waals surface area contributed by atoms with Gasteiger partial charge in [0.25, 0.3) is 5.91 Å². The van der Waals surface area contributed by atoms with Gasteiger partial charge in [-0.1, -0.05) is 41.9 Å². The first kappa shape index (κ1) is 16.0. The van der Waals surface area contributed by atoms with E-state index in [9.17, 15) is 9.59 Å². The summed E-state index contributed by atoms with van der Waals surface area (Å²) in [7, 11) is 1.73. The van der Waals surface area contributed by atoms with Gasteiger partial charge in [0.05, 0.1) is 5.69 Å². The molecule has 120 valence electrons. The molecular weight excluding hydrogens is 326 g/mol. The Morgan fingerprint density at radius 1 is 1.08 bits per heavy atom. The van der Waals surface area contributed by atoms with E-state index in [-0.39, 0.29) is 17.4 Å². The summed E-state index contributed by atoms with van der Waals surface area (Å²) >= 11 is 6.02. The third-order valence-electron chi connectivity index (χ3n) is 3.46. The first-order valence-electron chi connectivity index (χ1n) is 7.25. The zero-order valence-electron chi connectivity index (χ0n) is 12.9. The molecule has 2 aromatic carbocycles. The second kappa shape index (κ2) is 6.68. The van der Waals surface area contributed by atoms with Crippen LogP contribution in [0.25, 0.3) is 0 Å². The van der Waals surface area contributed by atoms with Crippen LogP contribution in [0.3, 0.4) is 0 Å². The summed E-state index contributed by atoms with van der Waals surface area (Å²) in [6.45, 7) is 0. The van der Waals surface area contributed by atoms with Gasteiger partial charge in [-0.25, -0.2) is 0 Å². The third kappa shape index (κ3) is 3.36. The van der Waals surface area contributed by atoms with Gasteiger partial charge < -0.3 is 5.32 Å². The first-order chi connectivity index (χ1) is 11.5. The largest absolute Gasteiger partial charge is 0.320 e. The Morgan fingerprint density at radius 2 is 1.83 bits per heavy atom. The number of carbonyl (C=O) groups is 2. The SMILES string of the molecule is Cn1ccc(C(=O)Nc2ccc(Cl)cc2C(=O)c2ccccc2)n1. The van der Waals surface area contributed by atoms with Crippen molar-refractivity contribution in [2.75, 3.05) is 5.32 Å². The number of aromatic nitrogens is 2. The number of benzene rings is 2. The number of nitrogens with one attached hydrogen (secondary N) is 1. The van der Waals surface area contributed by atoms with Crippen LogP contribution >= 0.6 is 11.6 Å². The molecule has 0 unspecified atom stereocenters. The van der Waals surface area contributed by atoms with E-state index >= 15 is 0 Å². The minimum Gasteiger partial charge on any atom is -0.320 e. The van der Waals surface area contributed by atoms with Crippen LogP contribution < -0.4 is 5.32 Å². The molecule has 24 heavy (non-hydrogen) atoms. The fourth-order valence-electron chi connectivity index (χ4n) is 2.28. The minimum atomic E-state index is -0.389. The molecule has 0 saturated carbocycles. The van der Waals surface area contributed by atoms with Crippen molar-refractivity contribution in [3.05, 3.63) is 82.6 Å². The molecule has 0 aliphatic carbocycles. The van der Waals surface area contributed by atoms with E-state index < -0.39 is 0 Å². The number of hydrogen-bond acceptors (Lipinski definition) is 3. The summed E-state index contributed by atoms with van der Waals surface area (Å²) in [6, 6.07) is 15.2. The third-order valence-corrected chi connectivity index (χ3v) is 3.69. The summed E-state index contributed by atoms with van der Waals surface area (Å²) in [5.74, 6) is -0.602. The number of nitrogens with zero attached hydrogens (tertiary/aromatic N) is 2. The summed E-state index contributed by atoms with van der Waals surface area (Å²) in [5.41, 5.74) is 1.51. The lowest BCUT2D eigenvalue weighted by molar-refractivity contribution is 0.102. The zero-order chi connectivity index (χ0) is 17.1. The van der Waals surface area contributed by atoms with Crippen LogP contribution in [0.1, 0.15) is 26.4 Å². The van der Waals surface area contributed by atoms with Gasteiger partial charge in [-0.05, 0) is 24.3 Å². The van der Waals surface area contributed by atoms with Crippen molar-refractivity contribution < 1.29 is 9.59 Å². The molecule has 0 aliphatic rings. The van der Waals surface area contributed by atoms with Crippen LogP contribution in [0, 0.1) is 0 Å². The lowest BCUT2D eigenvalue weighted by atomic mass is 10.0. The monoisotopic (exact) mass is 339 g/mol. The number of rotatable bonds is 4. The summed E-state index contributed by atoms with van der Waals surface area (Å²) in [5, 5.41) is 7.20. The van der Waals surface area contributed by atoms with E-state index in [0.29, 0.717) is 21.8 Å². The van der Waals surface area contributed by atoms with E-state index in [0.717, 1.165) is 0 Å². The molecule has 3 aromatic rings. The Balaban J connectivity index is 1.94. The molecular formula is C18H14ClN3O2. The zero-order valence-corrected chi connectivity index (χ0v) is 13.6. The highest BCUT2D eigenvalue weighted by Gasteiger charge is 2.17. The molecule has 0 bridgehead atoms. The number of aryl methyl sites for hydroxylation is 1. The summed E-state index contributed by atoms with van der Waals surface area (Å²) < 4.78 is 1.53. The van der Waals surface area contributed by atoms with Crippen LogP contribution in [0.2, 0.25) is 5.02 Å². The fourth-order valence-corrected chi connectivity index (χ4v) is 2.45. The number of carbonyl (C=O) groups excluding carboxylic acids is 2. The van der Waals surface area contributed by atoms with Crippen LogP contribution in [-0.2, 0) is 7.05 Å². The molecule has 0 atom stereocenters. The molecule has 6 heteroatoms. The van der Waals surface area contributed by atoms with E-state index in [1.807, 2.05) is 6.07 Å². The average molecular weight is 340 g/mol. The van der Waals surface area contributed by atoms with Crippen LogP contribution in [-0.4, -0.2) is 21.5 Å². The van der Waals surface area contributed by atoms with Crippen LogP contribution in [0.15, 0.2) is 60.8 Å². The maximum absolute atomic E-state index is 12.7. The number of amides is 1. The van der Waals surface area contributed by atoms with Crippen molar-refractivity contribution in [3.63, 3.8) is 0 Å². The highest BCUT2D eigenvalue weighted by atomic mass is 35.5. The van der Waals surface area contributed by atoms with Gasteiger partial charge in [-0.15, -0.1) is 0 Å². The smallest absolute Gasteiger partial charge is 0.276 e. The Bertz CT molecular complexity index is 904. The topological polar surface area (TPSA) is 64.0 Å². The quantitative estimate of drug-likeness (QED) is 0.739. The second-order valence-electron chi connectivity index (χ2n) is 5.21. The first-order valence-corrected chi connectivity index (χ1v) is 7.62. The van der Waals surface area contributed by atoms with Gasteiger partial charge in [0.2, 0.25) is 0 Å². The average Bonchev–Trinajstić information content (AvgIpc) is 3.03. The Kier molecular flexibility index (Phi) is 4.44. The van der Waals surface area contributed by atoms with Gasteiger partial charge in [-0.2, -0.15) is 5.10 Å². The van der Waals surface area contributed by atoms with E-state index in [1.165, 1.54) is 4.68 Å². The Hall–Kier alpha value is -2.92. The van der Waals surface area contributed by atoms with E-state index in [1.54, 1.807) is 61.8 Å². The number of hydrogen-bond donors (Lipinski definition) is 1. The maximum atomic E-state index is 12.7. The summed E-state index contributed by atoms with van der Waals surface area (Å²) in [6.07, 6.45) is 1.67. The molecule has 5 nitrogen and oxygen atoms in total. The van der Waals surface area contributed by atoms with Gasteiger partial charge in [0.1, 0.15) is 0 Å². The van der Waals surface area contributed by atoms with Crippen molar-refractivity contribution in [1.82, 2.24) is 9.78 Å². The molecule has 0 saturated heterocycles. The highest BCUT2D eigenvalue weighted by molar-refractivity contribution is 6.31. The van der Waals surface area contributed by atoms with Crippen molar-refractivity contribution in [2.45, 2.75) is 0 Å². The fraction of sp³-hybridized carbons (Fsp3) is 0.0556. The predicted octanol–water partition coefficient (Wildman–Crippen LogP) is 3.56. The van der Waals surface area contributed by atoms with Gasteiger partial charge in [-0.3, -0.25) is 14.3 Å². The predicted molar refractivity (Wildman–Crippen MR) is 92.5 cm³/mol. The lowest BCUT2D eigenvalue weighted by Crippen LogP contribution is -2.16. The molecule has 3 rings (SSSR count). The standard InChI is InChI=1S/C18H14ClN3O2/c1-22-10-9-16(21-22)18(24)20-15-8-7-13(19)11-14(15)17(23)12-5-3-2-4-6-12/h2-11H,1H3,(H,20,24). The number of ketones is 1. The Morgan fingerprint density at radius 3 is 2.50 bits per heavy atom. The Labute approximate surface area is 143 Å². The van der Waals surface area contributed by atoms with Crippen molar-refractivity contribution in [3.8, 4) is 0 Å². The van der Waals surface area contributed by atoms with Crippen LogP contribution in [0.4, 0.5) is 5.69 Å². The van der Waals surface area contributed by atoms with E-state index in [4.69, 9.17) is 11.6 Å². The molecule has 0 aliphatic heterocycles. The number of anilines is 1. The minimum absolute atomic E-state index is 0.213.